The van der Waals surface area contributed by atoms with Crippen LogP contribution in [-0.4, -0.2) is 18.3 Å². The molecular formula is C14H19FO2. The molecule has 17 heavy (non-hydrogen) atoms. The molecule has 0 aliphatic carbocycles. The van der Waals surface area contributed by atoms with E-state index in [1.165, 1.54) is 6.07 Å². The number of ether oxygens (including phenoxy) is 1. The number of hydrogen-bond donors (Lipinski definition) is 1. The molecule has 94 valence electrons. The van der Waals surface area contributed by atoms with Gasteiger partial charge in [-0.1, -0.05) is 18.2 Å². The second-order valence-corrected chi connectivity index (χ2v) is 5.01. The zero-order valence-corrected chi connectivity index (χ0v) is 10.2. The molecule has 3 heteroatoms. The van der Waals surface area contributed by atoms with Crippen molar-refractivity contribution in [1.29, 1.82) is 0 Å². The topological polar surface area (TPSA) is 29.5 Å². The van der Waals surface area contributed by atoms with Crippen LogP contribution in [0.15, 0.2) is 24.3 Å². The highest BCUT2D eigenvalue weighted by atomic mass is 19.1. The number of aliphatic hydroxyl groups is 1. The van der Waals surface area contributed by atoms with Gasteiger partial charge in [-0.05, 0) is 38.2 Å². The van der Waals surface area contributed by atoms with Crippen LogP contribution >= 0.6 is 0 Å². The molecule has 1 aromatic rings. The molecule has 1 aliphatic rings. The van der Waals surface area contributed by atoms with E-state index in [9.17, 15) is 9.50 Å². The van der Waals surface area contributed by atoms with Crippen LogP contribution in [-0.2, 0) is 10.3 Å². The molecule has 1 fully saturated rings. The highest BCUT2D eigenvalue weighted by Gasteiger charge is 2.30. The Hall–Kier alpha value is -0.930. The van der Waals surface area contributed by atoms with E-state index >= 15 is 0 Å². The molecule has 0 radical (unpaired) electrons. The van der Waals surface area contributed by atoms with E-state index in [1.807, 2.05) is 0 Å². The van der Waals surface area contributed by atoms with Crippen LogP contribution < -0.4 is 0 Å². The zero-order valence-electron chi connectivity index (χ0n) is 10.2. The maximum atomic E-state index is 13.7. The van der Waals surface area contributed by atoms with E-state index in [2.05, 4.69) is 0 Å². The summed E-state index contributed by atoms with van der Waals surface area (Å²) in [5.74, 6) is 0.0860. The summed E-state index contributed by atoms with van der Waals surface area (Å²) in [6, 6.07) is 6.46. The molecule has 0 saturated carbocycles. The summed E-state index contributed by atoms with van der Waals surface area (Å²) in [6.07, 6.45) is 2.49. The number of hydrogen-bond acceptors (Lipinski definition) is 2. The Morgan fingerprint density at radius 3 is 2.65 bits per heavy atom. The molecule has 0 amide bonds. The molecule has 1 atom stereocenters. The molecule has 1 saturated heterocycles. The van der Waals surface area contributed by atoms with Crippen LogP contribution in [0.25, 0.3) is 0 Å². The van der Waals surface area contributed by atoms with Crippen molar-refractivity contribution in [2.45, 2.75) is 31.8 Å². The zero-order chi connectivity index (χ0) is 12.3. The molecule has 0 bridgehead atoms. The van der Waals surface area contributed by atoms with Gasteiger partial charge in [0.05, 0.1) is 5.60 Å². The predicted octanol–water partition coefficient (Wildman–Crippen LogP) is 2.85. The van der Waals surface area contributed by atoms with E-state index < -0.39 is 5.60 Å². The molecule has 1 unspecified atom stereocenters. The van der Waals surface area contributed by atoms with Gasteiger partial charge < -0.3 is 9.84 Å². The largest absolute Gasteiger partial charge is 0.385 e. The molecule has 0 aromatic heterocycles. The van der Waals surface area contributed by atoms with Gasteiger partial charge >= 0.3 is 0 Å². The maximum Gasteiger partial charge on any atom is 0.129 e. The predicted molar refractivity (Wildman–Crippen MR) is 64.1 cm³/mol. The quantitative estimate of drug-likeness (QED) is 0.877. The highest BCUT2D eigenvalue weighted by Crippen LogP contribution is 2.33. The van der Waals surface area contributed by atoms with Crippen LogP contribution in [0, 0.1) is 11.7 Å². The van der Waals surface area contributed by atoms with Crippen LogP contribution in [0.5, 0.6) is 0 Å². The third kappa shape index (κ3) is 3.05. The monoisotopic (exact) mass is 238 g/mol. The molecule has 0 spiro atoms. The fraction of sp³-hybridized carbons (Fsp3) is 0.571. The minimum absolute atomic E-state index is 0.329. The molecule has 1 aromatic carbocycles. The van der Waals surface area contributed by atoms with Crippen LogP contribution in [0.3, 0.4) is 0 Å². The van der Waals surface area contributed by atoms with Gasteiger partial charge in [-0.2, -0.15) is 0 Å². The first-order valence-electron chi connectivity index (χ1n) is 6.15. The van der Waals surface area contributed by atoms with Crippen molar-refractivity contribution in [2.24, 2.45) is 5.92 Å². The first-order valence-corrected chi connectivity index (χ1v) is 6.15. The first kappa shape index (κ1) is 12.5. The van der Waals surface area contributed by atoms with Crippen molar-refractivity contribution in [3.8, 4) is 0 Å². The molecular weight excluding hydrogens is 219 g/mol. The fourth-order valence-corrected chi connectivity index (χ4v) is 2.52. The normalized spacial score (nSPS) is 21.1. The van der Waals surface area contributed by atoms with Crippen molar-refractivity contribution in [3.63, 3.8) is 0 Å². The van der Waals surface area contributed by atoms with E-state index in [0.29, 0.717) is 17.9 Å². The minimum atomic E-state index is -1.09. The van der Waals surface area contributed by atoms with Crippen molar-refractivity contribution < 1.29 is 14.2 Å². The van der Waals surface area contributed by atoms with Gasteiger partial charge in [-0.3, -0.25) is 0 Å². The lowest BCUT2D eigenvalue weighted by Crippen LogP contribution is -2.29. The lowest BCUT2D eigenvalue weighted by molar-refractivity contribution is -0.00505. The van der Waals surface area contributed by atoms with Crippen molar-refractivity contribution in [3.05, 3.63) is 35.6 Å². The summed E-state index contributed by atoms with van der Waals surface area (Å²) in [5, 5.41) is 10.4. The molecule has 1 heterocycles. The van der Waals surface area contributed by atoms with E-state index in [1.54, 1.807) is 25.1 Å². The van der Waals surface area contributed by atoms with Crippen LogP contribution in [0.4, 0.5) is 4.39 Å². The summed E-state index contributed by atoms with van der Waals surface area (Å²) >= 11 is 0. The molecule has 2 rings (SSSR count). The Bertz CT molecular complexity index is 370. The third-order valence-corrected chi connectivity index (χ3v) is 3.48. The van der Waals surface area contributed by atoms with Crippen molar-refractivity contribution >= 4 is 0 Å². The summed E-state index contributed by atoms with van der Waals surface area (Å²) in [4.78, 5) is 0. The highest BCUT2D eigenvalue weighted by molar-refractivity contribution is 5.23. The average molecular weight is 238 g/mol. The van der Waals surface area contributed by atoms with Gasteiger partial charge in [-0.25, -0.2) is 4.39 Å². The minimum Gasteiger partial charge on any atom is -0.385 e. The molecule has 1 N–H and O–H groups in total. The van der Waals surface area contributed by atoms with E-state index in [4.69, 9.17) is 4.74 Å². The average Bonchev–Trinajstić information content (AvgIpc) is 2.30. The lowest BCUT2D eigenvalue weighted by atomic mass is 9.82. The van der Waals surface area contributed by atoms with Gasteiger partial charge in [0.25, 0.3) is 0 Å². The maximum absolute atomic E-state index is 13.7. The van der Waals surface area contributed by atoms with Crippen molar-refractivity contribution in [2.75, 3.05) is 13.2 Å². The lowest BCUT2D eigenvalue weighted by Gasteiger charge is -2.31. The van der Waals surface area contributed by atoms with E-state index in [-0.39, 0.29) is 5.82 Å². The second-order valence-electron chi connectivity index (χ2n) is 5.01. The van der Waals surface area contributed by atoms with Gasteiger partial charge in [0.15, 0.2) is 0 Å². The van der Waals surface area contributed by atoms with E-state index in [0.717, 1.165) is 26.1 Å². The Labute approximate surface area is 101 Å². The third-order valence-electron chi connectivity index (χ3n) is 3.48. The smallest absolute Gasteiger partial charge is 0.129 e. The van der Waals surface area contributed by atoms with Gasteiger partial charge in [0, 0.05) is 18.8 Å². The number of rotatable bonds is 3. The Morgan fingerprint density at radius 1 is 1.35 bits per heavy atom. The SMILES string of the molecule is CC(O)(CC1CCOCC1)c1ccccc1F. The molecule has 1 aliphatic heterocycles. The van der Waals surface area contributed by atoms with Crippen molar-refractivity contribution in [1.82, 2.24) is 0 Å². The van der Waals surface area contributed by atoms with Crippen LogP contribution in [0.1, 0.15) is 31.7 Å². The van der Waals surface area contributed by atoms with Crippen LogP contribution in [0.2, 0.25) is 0 Å². The summed E-state index contributed by atoms with van der Waals surface area (Å²) in [5.41, 5.74) is -0.695. The Kier molecular flexibility index (Phi) is 3.79. The molecule has 2 nitrogen and oxygen atoms in total. The first-order chi connectivity index (χ1) is 8.09. The Balaban J connectivity index is 2.10. The summed E-state index contributed by atoms with van der Waals surface area (Å²) in [6.45, 7) is 3.19. The standard InChI is InChI=1S/C14H19FO2/c1-14(16,10-11-6-8-17-9-7-11)12-4-2-3-5-13(12)15/h2-5,11,16H,6-10H2,1H3. The van der Waals surface area contributed by atoms with Gasteiger partial charge in [0.2, 0.25) is 0 Å². The summed E-state index contributed by atoms with van der Waals surface area (Å²) < 4.78 is 18.9. The summed E-state index contributed by atoms with van der Waals surface area (Å²) in [7, 11) is 0. The number of halogens is 1. The number of benzene rings is 1. The fourth-order valence-electron chi connectivity index (χ4n) is 2.52. The second kappa shape index (κ2) is 5.15. The van der Waals surface area contributed by atoms with Gasteiger partial charge in [0.1, 0.15) is 5.82 Å². The Morgan fingerprint density at radius 2 is 2.00 bits per heavy atom. The van der Waals surface area contributed by atoms with Gasteiger partial charge in [-0.15, -0.1) is 0 Å².